The topological polar surface area (TPSA) is 84.1 Å². The van der Waals surface area contributed by atoms with Gasteiger partial charge < -0.3 is 15.0 Å². The van der Waals surface area contributed by atoms with E-state index in [1.807, 2.05) is 0 Å². The highest BCUT2D eigenvalue weighted by Crippen LogP contribution is 2.17. The number of aromatic amines is 1. The van der Waals surface area contributed by atoms with Gasteiger partial charge in [-0.15, -0.1) is 0 Å². The molecule has 1 atom stereocenters. The number of carbonyl (C=O) groups excluding carboxylic acids is 2. The van der Waals surface area contributed by atoms with E-state index < -0.39 is 23.8 Å². The van der Waals surface area contributed by atoms with E-state index in [4.69, 9.17) is 4.74 Å². The van der Waals surface area contributed by atoms with Gasteiger partial charge >= 0.3 is 5.97 Å². The molecule has 0 aliphatic heterocycles. The predicted molar refractivity (Wildman–Crippen MR) is 93.9 cm³/mol. The van der Waals surface area contributed by atoms with Gasteiger partial charge in [0.05, 0.1) is 11.3 Å². The molecule has 26 heavy (non-hydrogen) atoms. The van der Waals surface area contributed by atoms with E-state index in [1.165, 1.54) is 25.1 Å². The van der Waals surface area contributed by atoms with Crippen LogP contribution >= 0.6 is 0 Å². The number of imidazole rings is 1. The lowest BCUT2D eigenvalue weighted by Crippen LogP contribution is -2.30. The van der Waals surface area contributed by atoms with Crippen molar-refractivity contribution in [3.05, 3.63) is 72.3 Å². The number of nitrogens with one attached hydrogen (secondary N) is 2. The number of ether oxygens (including phenoxy) is 1. The number of rotatable bonds is 5. The molecule has 0 spiro atoms. The molecule has 0 fully saturated rings. The fourth-order valence-electron chi connectivity index (χ4n) is 2.27. The molecule has 3 rings (SSSR count). The Labute approximate surface area is 149 Å². The van der Waals surface area contributed by atoms with Crippen LogP contribution in [0, 0.1) is 5.82 Å². The van der Waals surface area contributed by atoms with E-state index in [9.17, 15) is 14.0 Å². The molecule has 132 valence electrons. The summed E-state index contributed by atoms with van der Waals surface area (Å²) in [6, 6.07) is 12.4. The number of carbonyl (C=O) groups is 2. The summed E-state index contributed by atoms with van der Waals surface area (Å²) in [4.78, 5) is 31.3. The number of anilines is 1. The van der Waals surface area contributed by atoms with Crippen LogP contribution in [0.1, 0.15) is 17.3 Å². The molecule has 0 aliphatic rings. The van der Waals surface area contributed by atoms with Crippen molar-refractivity contribution >= 4 is 17.6 Å². The van der Waals surface area contributed by atoms with Gasteiger partial charge in [-0.05, 0) is 31.2 Å². The normalized spacial score (nSPS) is 11.6. The Kier molecular flexibility index (Phi) is 5.07. The SMILES string of the molecule is CC(OC(=O)c1ccc(-c2ncc[nH]2)cc1)C(=O)Nc1ccccc1F. The molecule has 0 bridgehead atoms. The molecule has 1 amide bonds. The molecule has 1 unspecified atom stereocenters. The molecule has 0 saturated carbocycles. The van der Waals surface area contributed by atoms with Crippen LogP contribution in [-0.4, -0.2) is 27.9 Å². The summed E-state index contributed by atoms with van der Waals surface area (Å²) in [5.41, 5.74) is 1.14. The number of benzene rings is 2. The first kappa shape index (κ1) is 17.3. The standard InChI is InChI=1S/C19H16FN3O3/c1-12(18(24)23-16-5-3-2-4-15(16)20)26-19(25)14-8-6-13(7-9-14)17-21-10-11-22-17/h2-12H,1H3,(H,21,22)(H,23,24). The van der Waals surface area contributed by atoms with Gasteiger partial charge in [0, 0.05) is 18.0 Å². The van der Waals surface area contributed by atoms with E-state index in [0.29, 0.717) is 11.4 Å². The van der Waals surface area contributed by atoms with E-state index >= 15 is 0 Å². The maximum atomic E-state index is 13.6. The van der Waals surface area contributed by atoms with E-state index in [-0.39, 0.29) is 5.69 Å². The van der Waals surface area contributed by atoms with Gasteiger partial charge in [-0.3, -0.25) is 4.79 Å². The molecular weight excluding hydrogens is 337 g/mol. The van der Waals surface area contributed by atoms with E-state index in [0.717, 1.165) is 5.56 Å². The number of halogens is 1. The van der Waals surface area contributed by atoms with Gasteiger partial charge in [0.2, 0.25) is 0 Å². The Morgan fingerprint density at radius 3 is 2.54 bits per heavy atom. The van der Waals surface area contributed by atoms with Crippen LogP contribution in [-0.2, 0) is 9.53 Å². The zero-order valence-electron chi connectivity index (χ0n) is 13.9. The second kappa shape index (κ2) is 7.60. The van der Waals surface area contributed by atoms with Crippen LogP contribution in [0.5, 0.6) is 0 Å². The number of para-hydroxylation sites is 1. The fourth-order valence-corrected chi connectivity index (χ4v) is 2.27. The highest BCUT2D eigenvalue weighted by Gasteiger charge is 2.20. The van der Waals surface area contributed by atoms with Crippen molar-refractivity contribution in [1.29, 1.82) is 0 Å². The van der Waals surface area contributed by atoms with Crippen molar-refractivity contribution < 1.29 is 18.7 Å². The number of hydrogen-bond acceptors (Lipinski definition) is 4. The molecule has 2 aromatic carbocycles. The minimum Gasteiger partial charge on any atom is -0.449 e. The largest absolute Gasteiger partial charge is 0.449 e. The van der Waals surface area contributed by atoms with Crippen molar-refractivity contribution in [3.63, 3.8) is 0 Å². The molecule has 6 nitrogen and oxygen atoms in total. The van der Waals surface area contributed by atoms with E-state index in [1.54, 1.807) is 42.7 Å². The number of hydrogen-bond donors (Lipinski definition) is 2. The van der Waals surface area contributed by atoms with Gasteiger partial charge in [0.25, 0.3) is 5.91 Å². The number of H-pyrrole nitrogens is 1. The summed E-state index contributed by atoms with van der Waals surface area (Å²) in [7, 11) is 0. The van der Waals surface area contributed by atoms with Crippen LogP contribution < -0.4 is 5.32 Å². The van der Waals surface area contributed by atoms with Crippen molar-refractivity contribution in [1.82, 2.24) is 9.97 Å². The Morgan fingerprint density at radius 1 is 1.15 bits per heavy atom. The number of aromatic nitrogens is 2. The van der Waals surface area contributed by atoms with Gasteiger partial charge in [0.1, 0.15) is 11.6 Å². The first-order chi connectivity index (χ1) is 12.5. The van der Waals surface area contributed by atoms with Crippen molar-refractivity contribution in [2.75, 3.05) is 5.32 Å². The summed E-state index contributed by atoms with van der Waals surface area (Å²) < 4.78 is 18.7. The zero-order valence-corrected chi connectivity index (χ0v) is 13.9. The first-order valence-electron chi connectivity index (χ1n) is 7.91. The highest BCUT2D eigenvalue weighted by molar-refractivity contribution is 5.97. The van der Waals surface area contributed by atoms with Gasteiger partial charge in [0.15, 0.2) is 6.10 Å². The molecule has 3 aromatic rings. The highest BCUT2D eigenvalue weighted by atomic mass is 19.1. The van der Waals surface area contributed by atoms with Crippen molar-refractivity contribution in [3.8, 4) is 11.4 Å². The van der Waals surface area contributed by atoms with Crippen molar-refractivity contribution in [2.24, 2.45) is 0 Å². The molecule has 1 heterocycles. The summed E-state index contributed by atoms with van der Waals surface area (Å²) in [6.07, 6.45) is 2.26. The third-order valence-corrected chi connectivity index (χ3v) is 3.68. The molecule has 0 saturated heterocycles. The second-order valence-electron chi connectivity index (χ2n) is 5.53. The Balaban J connectivity index is 1.61. The summed E-state index contributed by atoms with van der Waals surface area (Å²) in [6.45, 7) is 1.42. The quantitative estimate of drug-likeness (QED) is 0.689. The van der Waals surface area contributed by atoms with Gasteiger partial charge in [-0.25, -0.2) is 14.2 Å². The lowest BCUT2D eigenvalue weighted by Gasteiger charge is -2.14. The molecule has 2 N–H and O–H groups in total. The van der Waals surface area contributed by atoms with Crippen LogP contribution in [0.3, 0.4) is 0 Å². The maximum absolute atomic E-state index is 13.6. The summed E-state index contributed by atoms with van der Waals surface area (Å²) >= 11 is 0. The number of amides is 1. The first-order valence-corrected chi connectivity index (χ1v) is 7.91. The van der Waals surface area contributed by atoms with Crippen LogP contribution in [0.15, 0.2) is 60.9 Å². The molecule has 0 aliphatic carbocycles. The molecule has 7 heteroatoms. The second-order valence-corrected chi connectivity index (χ2v) is 5.53. The average molecular weight is 353 g/mol. The third kappa shape index (κ3) is 3.94. The monoisotopic (exact) mass is 353 g/mol. The Morgan fingerprint density at radius 2 is 1.88 bits per heavy atom. The smallest absolute Gasteiger partial charge is 0.338 e. The van der Waals surface area contributed by atoms with Crippen LogP contribution in [0.4, 0.5) is 10.1 Å². The van der Waals surface area contributed by atoms with E-state index in [2.05, 4.69) is 15.3 Å². The number of esters is 1. The maximum Gasteiger partial charge on any atom is 0.338 e. The lowest BCUT2D eigenvalue weighted by molar-refractivity contribution is -0.123. The third-order valence-electron chi connectivity index (χ3n) is 3.68. The fraction of sp³-hybridized carbons (Fsp3) is 0.105. The minimum atomic E-state index is -1.08. The van der Waals surface area contributed by atoms with Crippen LogP contribution in [0.25, 0.3) is 11.4 Å². The van der Waals surface area contributed by atoms with Gasteiger partial charge in [-0.1, -0.05) is 24.3 Å². The molecular formula is C19H16FN3O3. The Bertz CT molecular complexity index is 908. The molecule has 0 radical (unpaired) electrons. The lowest BCUT2D eigenvalue weighted by atomic mass is 10.1. The van der Waals surface area contributed by atoms with Crippen molar-refractivity contribution in [2.45, 2.75) is 13.0 Å². The average Bonchev–Trinajstić information content (AvgIpc) is 3.18. The van der Waals surface area contributed by atoms with Gasteiger partial charge in [-0.2, -0.15) is 0 Å². The summed E-state index contributed by atoms with van der Waals surface area (Å²) in [5, 5.41) is 2.39. The predicted octanol–water partition coefficient (Wildman–Crippen LogP) is 3.40. The minimum absolute atomic E-state index is 0.0307. The van der Waals surface area contributed by atoms with Crippen LogP contribution in [0.2, 0.25) is 0 Å². The zero-order chi connectivity index (χ0) is 18.5. The Hall–Kier alpha value is -3.48. The number of nitrogens with zero attached hydrogens (tertiary/aromatic N) is 1. The summed E-state index contributed by atoms with van der Waals surface area (Å²) in [5.74, 6) is -1.14. The molecule has 1 aromatic heterocycles.